The number of rotatable bonds is 5. The number of hydrogen-bond acceptors (Lipinski definition) is 4. The summed E-state index contributed by atoms with van der Waals surface area (Å²) in [7, 11) is 0. The molecule has 0 aliphatic rings. The molecule has 2 aromatic carbocycles. The molecule has 0 radical (unpaired) electrons. The maximum Gasteiger partial charge on any atom is 0.311 e. The SMILES string of the molecule is CCc1ccc(Oc2cc(Br)ccc2CN)c([N+](=O)[O-])c1. The Morgan fingerprint density at radius 3 is 2.62 bits per heavy atom. The zero-order chi connectivity index (χ0) is 15.4. The molecule has 0 spiro atoms. The summed E-state index contributed by atoms with van der Waals surface area (Å²) >= 11 is 3.35. The minimum atomic E-state index is -0.436. The van der Waals surface area contributed by atoms with Gasteiger partial charge in [-0.25, -0.2) is 0 Å². The third-order valence-electron chi connectivity index (χ3n) is 3.10. The van der Waals surface area contributed by atoms with Crippen molar-refractivity contribution < 1.29 is 9.66 Å². The Morgan fingerprint density at radius 1 is 1.24 bits per heavy atom. The molecule has 2 aromatic rings. The van der Waals surface area contributed by atoms with Crippen molar-refractivity contribution in [2.24, 2.45) is 5.73 Å². The molecule has 110 valence electrons. The summed E-state index contributed by atoms with van der Waals surface area (Å²) in [6.07, 6.45) is 0.728. The van der Waals surface area contributed by atoms with Crippen LogP contribution in [0.15, 0.2) is 40.9 Å². The van der Waals surface area contributed by atoms with Crippen LogP contribution < -0.4 is 10.5 Å². The van der Waals surface area contributed by atoms with Crippen LogP contribution in [0.4, 0.5) is 5.69 Å². The van der Waals surface area contributed by atoms with E-state index in [0.717, 1.165) is 22.0 Å². The first-order chi connectivity index (χ1) is 10.0. The fraction of sp³-hybridized carbons (Fsp3) is 0.200. The number of nitro benzene ring substituents is 1. The van der Waals surface area contributed by atoms with Gasteiger partial charge in [-0.05, 0) is 30.2 Å². The third kappa shape index (κ3) is 3.59. The van der Waals surface area contributed by atoms with Crippen molar-refractivity contribution in [3.8, 4) is 11.5 Å². The van der Waals surface area contributed by atoms with E-state index in [2.05, 4.69) is 15.9 Å². The molecule has 0 fully saturated rings. The van der Waals surface area contributed by atoms with Gasteiger partial charge in [-0.3, -0.25) is 10.1 Å². The van der Waals surface area contributed by atoms with Gasteiger partial charge < -0.3 is 10.5 Å². The molecule has 0 saturated heterocycles. The van der Waals surface area contributed by atoms with Crippen molar-refractivity contribution in [2.75, 3.05) is 0 Å². The maximum atomic E-state index is 11.2. The Morgan fingerprint density at radius 2 is 2.00 bits per heavy atom. The highest BCUT2D eigenvalue weighted by Gasteiger charge is 2.17. The van der Waals surface area contributed by atoms with E-state index in [-0.39, 0.29) is 11.4 Å². The number of ether oxygens (including phenoxy) is 1. The van der Waals surface area contributed by atoms with E-state index in [1.54, 1.807) is 12.1 Å². The van der Waals surface area contributed by atoms with Gasteiger partial charge in [0.25, 0.3) is 0 Å². The Kier molecular flexibility index (Phi) is 4.93. The topological polar surface area (TPSA) is 78.4 Å². The van der Waals surface area contributed by atoms with E-state index >= 15 is 0 Å². The summed E-state index contributed by atoms with van der Waals surface area (Å²) in [5, 5.41) is 11.2. The van der Waals surface area contributed by atoms with Gasteiger partial charge in [0.05, 0.1) is 4.92 Å². The molecule has 0 aliphatic heterocycles. The van der Waals surface area contributed by atoms with Gasteiger partial charge >= 0.3 is 5.69 Å². The number of nitrogens with two attached hydrogens (primary N) is 1. The highest BCUT2D eigenvalue weighted by Crippen LogP contribution is 2.35. The number of nitro groups is 1. The fourth-order valence-electron chi connectivity index (χ4n) is 1.92. The summed E-state index contributed by atoms with van der Waals surface area (Å²) in [6.45, 7) is 2.24. The van der Waals surface area contributed by atoms with Gasteiger partial charge in [0.2, 0.25) is 5.75 Å². The summed E-state index contributed by atoms with van der Waals surface area (Å²) in [6, 6.07) is 10.4. The lowest BCUT2D eigenvalue weighted by Gasteiger charge is -2.11. The lowest BCUT2D eigenvalue weighted by Crippen LogP contribution is -2.01. The Hall–Kier alpha value is -1.92. The maximum absolute atomic E-state index is 11.2. The van der Waals surface area contributed by atoms with E-state index in [1.807, 2.05) is 25.1 Å². The first kappa shape index (κ1) is 15.5. The second-order valence-corrected chi connectivity index (χ2v) is 5.39. The fourth-order valence-corrected chi connectivity index (χ4v) is 2.26. The van der Waals surface area contributed by atoms with E-state index in [1.165, 1.54) is 6.07 Å². The first-order valence-electron chi connectivity index (χ1n) is 6.48. The molecule has 5 nitrogen and oxygen atoms in total. The molecule has 0 bridgehead atoms. The lowest BCUT2D eigenvalue weighted by atomic mass is 10.1. The van der Waals surface area contributed by atoms with Crippen LogP contribution in [0.25, 0.3) is 0 Å². The number of aryl methyl sites for hydroxylation is 1. The minimum Gasteiger partial charge on any atom is -0.450 e. The van der Waals surface area contributed by atoms with Crippen LogP contribution in [-0.4, -0.2) is 4.92 Å². The molecule has 0 aromatic heterocycles. The average molecular weight is 351 g/mol. The standard InChI is InChI=1S/C15H15BrN2O3/c1-2-10-3-6-14(13(7-10)18(19)20)21-15-8-12(16)5-4-11(15)9-17/h3-8H,2,9,17H2,1H3. The van der Waals surface area contributed by atoms with Gasteiger partial charge in [0, 0.05) is 22.6 Å². The first-order valence-corrected chi connectivity index (χ1v) is 7.28. The van der Waals surface area contributed by atoms with Crippen LogP contribution in [-0.2, 0) is 13.0 Å². The van der Waals surface area contributed by atoms with Crippen LogP contribution in [0, 0.1) is 10.1 Å². The predicted molar refractivity (Wildman–Crippen MR) is 84.6 cm³/mol. The van der Waals surface area contributed by atoms with Gasteiger partial charge in [-0.2, -0.15) is 0 Å². The van der Waals surface area contributed by atoms with E-state index in [9.17, 15) is 10.1 Å². The van der Waals surface area contributed by atoms with Crippen molar-refractivity contribution >= 4 is 21.6 Å². The molecule has 0 atom stereocenters. The van der Waals surface area contributed by atoms with Gasteiger partial charge in [0.1, 0.15) is 5.75 Å². The minimum absolute atomic E-state index is 0.0442. The molecule has 0 saturated carbocycles. The van der Waals surface area contributed by atoms with Crippen molar-refractivity contribution in [3.63, 3.8) is 0 Å². The zero-order valence-electron chi connectivity index (χ0n) is 11.5. The molecule has 21 heavy (non-hydrogen) atoms. The molecule has 0 amide bonds. The molecule has 6 heteroatoms. The smallest absolute Gasteiger partial charge is 0.311 e. The molecule has 2 rings (SSSR count). The average Bonchev–Trinajstić information content (AvgIpc) is 2.47. The Bertz CT molecular complexity index is 674. The van der Waals surface area contributed by atoms with E-state index in [0.29, 0.717) is 12.3 Å². The quantitative estimate of drug-likeness (QED) is 0.648. The molecule has 2 N–H and O–H groups in total. The highest BCUT2D eigenvalue weighted by atomic mass is 79.9. The summed E-state index contributed by atoms with van der Waals surface area (Å²) in [5.41, 5.74) is 7.30. The van der Waals surface area contributed by atoms with Crippen molar-refractivity contribution in [1.82, 2.24) is 0 Å². The molecular formula is C15H15BrN2O3. The number of halogens is 1. The molecular weight excluding hydrogens is 336 g/mol. The van der Waals surface area contributed by atoms with E-state index in [4.69, 9.17) is 10.5 Å². The lowest BCUT2D eigenvalue weighted by molar-refractivity contribution is -0.385. The van der Waals surface area contributed by atoms with Crippen molar-refractivity contribution in [3.05, 3.63) is 62.1 Å². The Labute approximate surface area is 131 Å². The van der Waals surface area contributed by atoms with Crippen molar-refractivity contribution in [2.45, 2.75) is 19.9 Å². The molecule has 0 heterocycles. The normalized spacial score (nSPS) is 10.4. The zero-order valence-corrected chi connectivity index (χ0v) is 13.1. The largest absolute Gasteiger partial charge is 0.450 e. The van der Waals surface area contributed by atoms with Gasteiger partial charge in [-0.15, -0.1) is 0 Å². The summed E-state index contributed by atoms with van der Waals surface area (Å²) in [5.74, 6) is 0.726. The monoisotopic (exact) mass is 350 g/mol. The van der Waals surface area contributed by atoms with Gasteiger partial charge in [-0.1, -0.05) is 35.0 Å². The van der Waals surface area contributed by atoms with Gasteiger partial charge in [0.15, 0.2) is 0 Å². The highest BCUT2D eigenvalue weighted by molar-refractivity contribution is 9.10. The summed E-state index contributed by atoms with van der Waals surface area (Å²) in [4.78, 5) is 10.8. The number of hydrogen-bond donors (Lipinski definition) is 1. The number of nitrogens with zero attached hydrogens (tertiary/aromatic N) is 1. The molecule has 0 unspecified atom stereocenters. The third-order valence-corrected chi connectivity index (χ3v) is 3.59. The van der Waals surface area contributed by atoms with Crippen molar-refractivity contribution in [1.29, 1.82) is 0 Å². The van der Waals surface area contributed by atoms with Crippen LogP contribution in [0.5, 0.6) is 11.5 Å². The second-order valence-electron chi connectivity index (χ2n) is 4.47. The molecule has 0 aliphatic carbocycles. The second kappa shape index (κ2) is 6.69. The van der Waals surface area contributed by atoms with Crippen LogP contribution in [0.3, 0.4) is 0 Å². The number of benzene rings is 2. The van der Waals surface area contributed by atoms with Crippen LogP contribution >= 0.6 is 15.9 Å². The predicted octanol–water partition coefficient (Wildman–Crippen LogP) is 4.17. The summed E-state index contributed by atoms with van der Waals surface area (Å²) < 4.78 is 6.54. The Balaban J connectivity index is 2.44. The van der Waals surface area contributed by atoms with Crippen LogP contribution in [0.1, 0.15) is 18.1 Å². The van der Waals surface area contributed by atoms with E-state index < -0.39 is 4.92 Å². The van der Waals surface area contributed by atoms with Crippen LogP contribution in [0.2, 0.25) is 0 Å².